The van der Waals surface area contributed by atoms with Crippen molar-refractivity contribution in [2.75, 3.05) is 10.8 Å². The van der Waals surface area contributed by atoms with Crippen LogP contribution in [0.2, 0.25) is 10.0 Å². The van der Waals surface area contributed by atoms with Crippen molar-refractivity contribution in [2.45, 2.75) is 49.5 Å². The van der Waals surface area contributed by atoms with E-state index < -0.39 is 10.0 Å². The van der Waals surface area contributed by atoms with Gasteiger partial charge < -0.3 is 5.32 Å². The Hall–Kier alpha value is -1.76. The fraction of sp³-hybridized carbons (Fsp3) is 0.381. The summed E-state index contributed by atoms with van der Waals surface area (Å²) in [5.74, 6) is -0.354. The van der Waals surface area contributed by atoms with Crippen LogP contribution >= 0.6 is 23.2 Å². The second-order valence-corrected chi connectivity index (χ2v) is 9.80. The van der Waals surface area contributed by atoms with Crippen LogP contribution in [0.5, 0.6) is 0 Å². The molecule has 0 atom stereocenters. The van der Waals surface area contributed by atoms with Gasteiger partial charge in [-0.25, -0.2) is 8.42 Å². The van der Waals surface area contributed by atoms with E-state index in [1.807, 2.05) is 0 Å². The maximum atomic E-state index is 13.3. The Morgan fingerprint density at radius 1 is 0.966 bits per heavy atom. The van der Waals surface area contributed by atoms with Gasteiger partial charge in [0.1, 0.15) is 6.54 Å². The predicted molar refractivity (Wildman–Crippen MR) is 117 cm³/mol. The van der Waals surface area contributed by atoms with Crippen molar-refractivity contribution in [1.82, 2.24) is 5.32 Å². The lowest BCUT2D eigenvalue weighted by Crippen LogP contribution is -2.44. The van der Waals surface area contributed by atoms with Crippen molar-refractivity contribution < 1.29 is 13.2 Å². The number of nitrogens with one attached hydrogen (secondary N) is 1. The van der Waals surface area contributed by atoms with Gasteiger partial charge in [0.2, 0.25) is 5.91 Å². The molecule has 0 heterocycles. The van der Waals surface area contributed by atoms with E-state index in [1.54, 1.807) is 36.4 Å². The van der Waals surface area contributed by atoms with Gasteiger partial charge in [-0.05, 0) is 37.1 Å². The van der Waals surface area contributed by atoms with Gasteiger partial charge in [0.05, 0.1) is 20.6 Å². The molecule has 29 heavy (non-hydrogen) atoms. The molecular weight excluding hydrogens is 431 g/mol. The van der Waals surface area contributed by atoms with Crippen LogP contribution in [0.1, 0.15) is 38.5 Å². The van der Waals surface area contributed by atoms with E-state index in [9.17, 15) is 13.2 Å². The molecule has 1 amide bonds. The lowest BCUT2D eigenvalue weighted by atomic mass is 10.1. The van der Waals surface area contributed by atoms with Gasteiger partial charge in [-0.2, -0.15) is 0 Å². The average Bonchev–Trinajstić information content (AvgIpc) is 2.98. The zero-order chi connectivity index (χ0) is 20.9. The zero-order valence-corrected chi connectivity index (χ0v) is 18.3. The van der Waals surface area contributed by atoms with Crippen LogP contribution in [-0.4, -0.2) is 26.9 Å². The molecule has 2 aromatic carbocycles. The van der Waals surface area contributed by atoms with E-state index in [2.05, 4.69) is 5.32 Å². The largest absolute Gasteiger partial charge is 0.352 e. The molecule has 0 bridgehead atoms. The van der Waals surface area contributed by atoms with Gasteiger partial charge in [-0.1, -0.05) is 73.2 Å². The van der Waals surface area contributed by atoms with Crippen molar-refractivity contribution in [3.05, 3.63) is 58.6 Å². The lowest BCUT2D eigenvalue weighted by Gasteiger charge is -2.26. The first-order valence-corrected chi connectivity index (χ1v) is 11.9. The minimum atomic E-state index is -4.01. The molecule has 0 spiro atoms. The highest BCUT2D eigenvalue weighted by atomic mass is 35.5. The molecule has 1 aliphatic rings. The van der Waals surface area contributed by atoms with Gasteiger partial charge >= 0.3 is 0 Å². The van der Waals surface area contributed by atoms with E-state index in [1.165, 1.54) is 25.0 Å². The molecule has 0 aliphatic heterocycles. The number of hydrogen-bond donors (Lipinski definition) is 1. The Bertz CT molecular complexity index is 944. The van der Waals surface area contributed by atoms with Crippen LogP contribution in [0.3, 0.4) is 0 Å². The number of halogens is 2. The normalized spacial score (nSPS) is 15.5. The lowest BCUT2D eigenvalue weighted by molar-refractivity contribution is -0.120. The number of carbonyl (C=O) groups is 1. The third-order valence-corrected chi connectivity index (χ3v) is 7.62. The molecule has 8 heteroatoms. The number of rotatable bonds is 6. The molecule has 0 saturated heterocycles. The molecule has 1 aliphatic carbocycles. The first-order chi connectivity index (χ1) is 13.9. The zero-order valence-electron chi connectivity index (χ0n) is 16.0. The molecule has 0 radical (unpaired) electrons. The van der Waals surface area contributed by atoms with Crippen LogP contribution in [0.15, 0.2) is 53.4 Å². The number of benzene rings is 2. The summed E-state index contributed by atoms with van der Waals surface area (Å²) in [4.78, 5) is 12.9. The second-order valence-electron chi connectivity index (χ2n) is 7.15. The standard InChI is InChI=1S/C21H24Cl2N2O3S/c22-18-13-8-14-19(21(18)23)25(29(27,28)17-11-6-3-7-12-17)15-20(26)24-16-9-4-1-2-5-10-16/h3,6-8,11-14,16H,1-2,4-5,9-10,15H2,(H,24,26). The van der Waals surface area contributed by atoms with Gasteiger partial charge in [0.15, 0.2) is 0 Å². The van der Waals surface area contributed by atoms with Crippen LogP contribution in [0, 0.1) is 0 Å². The van der Waals surface area contributed by atoms with E-state index >= 15 is 0 Å². The minimum Gasteiger partial charge on any atom is -0.352 e. The monoisotopic (exact) mass is 454 g/mol. The summed E-state index contributed by atoms with van der Waals surface area (Å²) in [5, 5.41) is 3.31. The van der Waals surface area contributed by atoms with Gasteiger partial charge in [0.25, 0.3) is 10.0 Å². The van der Waals surface area contributed by atoms with Crippen LogP contribution in [0.4, 0.5) is 5.69 Å². The first kappa shape index (κ1) is 21.9. The van der Waals surface area contributed by atoms with Crippen molar-refractivity contribution in [3.8, 4) is 0 Å². The van der Waals surface area contributed by atoms with Crippen LogP contribution < -0.4 is 9.62 Å². The number of sulfonamides is 1. The molecular formula is C21H24Cl2N2O3S. The SMILES string of the molecule is O=C(CN(c1cccc(Cl)c1Cl)S(=O)(=O)c1ccccc1)NC1CCCCCC1. The van der Waals surface area contributed by atoms with E-state index in [0.717, 1.165) is 30.0 Å². The van der Waals surface area contributed by atoms with Crippen molar-refractivity contribution in [3.63, 3.8) is 0 Å². The Morgan fingerprint density at radius 3 is 2.28 bits per heavy atom. The summed E-state index contributed by atoms with van der Waals surface area (Å²) in [7, 11) is -4.01. The van der Waals surface area contributed by atoms with Gasteiger partial charge in [-0.15, -0.1) is 0 Å². The molecule has 3 rings (SSSR count). The summed E-state index contributed by atoms with van der Waals surface area (Å²) in [6, 6.07) is 12.8. The molecule has 1 saturated carbocycles. The fourth-order valence-electron chi connectivity index (χ4n) is 3.53. The topological polar surface area (TPSA) is 66.5 Å². The van der Waals surface area contributed by atoms with E-state index in [4.69, 9.17) is 23.2 Å². The quantitative estimate of drug-likeness (QED) is 0.622. The maximum absolute atomic E-state index is 13.3. The predicted octanol–water partition coefficient (Wildman–Crippen LogP) is 5.03. The second kappa shape index (κ2) is 9.83. The molecule has 0 aromatic heterocycles. The highest BCUT2D eigenvalue weighted by Crippen LogP contribution is 2.35. The Kier molecular flexibility index (Phi) is 7.44. The number of carbonyl (C=O) groups excluding carboxylic acids is 1. The molecule has 5 nitrogen and oxygen atoms in total. The Labute approximate surface area is 182 Å². The average molecular weight is 455 g/mol. The summed E-state index contributed by atoms with van der Waals surface area (Å²) in [5.41, 5.74) is 0.180. The van der Waals surface area contributed by atoms with Gasteiger partial charge in [-0.3, -0.25) is 9.10 Å². The molecule has 1 fully saturated rings. The van der Waals surface area contributed by atoms with Crippen molar-refractivity contribution >= 4 is 44.8 Å². The Morgan fingerprint density at radius 2 is 1.62 bits per heavy atom. The van der Waals surface area contributed by atoms with Crippen LogP contribution in [-0.2, 0) is 14.8 Å². The number of anilines is 1. The molecule has 0 unspecified atom stereocenters. The third-order valence-electron chi connectivity index (χ3n) is 5.04. The van der Waals surface area contributed by atoms with Crippen molar-refractivity contribution in [2.24, 2.45) is 0 Å². The van der Waals surface area contributed by atoms with Gasteiger partial charge in [0, 0.05) is 6.04 Å². The Balaban J connectivity index is 1.91. The summed E-state index contributed by atoms with van der Waals surface area (Å²) >= 11 is 12.4. The highest BCUT2D eigenvalue weighted by Gasteiger charge is 2.29. The molecule has 1 N–H and O–H groups in total. The number of nitrogens with zero attached hydrogens (tertiary/aromatic N) is 1. The van der Waals surface area contributed by atoms with Crippen LogP contribution in [0.25, 0.3) is 0 Å². The maximum Gasteiger partial charge on any atom is 0.264 e. The molecule has 156 valence electrons. The highest BCUT2D eigenvalue weighted by molar-refractivity contribution is 7.92. The summed E-state index contributed by atoms with van der Waals surface area (Å²) < 4.78 is 27.7. The number of amides is 1. The third kappa shape index (κ3) is 5.44. The fourth-order valence-corrected chi connectivity index (χ4v) is 5.43. The summed E-state index contributed by atoms with van der Waals surface area (Å²) in [6.45, 7) is -0.367. The molecule has 2 aromatic rings. The smallest absolute Gasteiger partial charge is 0.264 e. The van der Waals surface area contributed by atoms with Crippen molar-refractivity contribution in [1.29, 1.82) is 0 Å². The summed E-state index contributed by atoms with van der Waals surface area (Å²) in [6.07, 6.45) is 6.29. The minimum absolute atomic E-state index is 0.0705. The van der Waals surface area contributed by atoms with E-state index in [-0.39, 0.29) is 39.1 Å². The first-order valence-electron chi connectivity index (χ1n) is 9.71. The number of hydrogen-bond acceptors (Lipinski definition) is 3. The van der Waals surface area contributed by atoms with E-state index in [0.29, 0.717) is 0 Å².